The molecule has 3 rings (SSSR count). The minimum absolute atomic E-state index is 0.343. The van der Waals surface area contributed by atoms with Crippen LogP contribution in [0.15, 0.2) is 24.3 Å². The van der Waals surface area contributed by atoms with Crippen molar-refractivity contribution >= 4 is 0 Å². The van der Waals surface area contributed by atoms with Crippen LogP contribution in [0.1, 0.15) is 25.3 Å². The molecule has 0 aliphatic carbocycles. The molecule has 0 radical (unpaired) electrons. The second-order valence-corrected chi connectivity index (χ2v) is 7.41. The highest BCUT2D eigenvalue weighted by Gasteiger charge is 2.17. The Labute approximate surface area is 152 Å². The Morgan fingerprint density at radius 2 is 1.72 bits per heavy atom. The average Bonchev–Trinajstić information content (AvgIpc) is 2.64. The van der Waals surface area contributed by atoms with Crippen molar-refractivity contribution in [1.29, 1.82) is 0 Å². The highest BCUT2D eigenvalue weighted by molar-refractivity contribution is 5.27. The van der Waals surface area contributed by atoms with Crippen LogP contribution in [0.5, 0.6) is 5.75 Å². The lowest BCUT2D eigenvalue weighted by Gasteiger charge is -2.33. The van der Waals surface area contributed by atoms with Crippen molar-refractivity contribution in [2.24, 2.45) is 5.73 Å². The van der Waals surface area contributed by atoms with E-state index in [9.17, 15) is 0 Å². The molecule has 2 aliphatic heterocycles. The molecule has 5 heteroatoms. The summed E-state index contributed by atoms with van der Waals surface area (Å²) in [5, 5.41) is 0. The van der Waals surface area contributed by atoms with E-state index in [-0.39, 0.29) is 0 Å². The summed E-state index contributed by atoms with van der Waals surface area (Å²) in [5.74, 6) is 0.978. The maximum absolute atomic E-state index is 6.07. The van der Waals surface area contributed by atoms with Gasteiger partial charge < -0.3 is 15.4 Å². The number of likely N-dealkylation sites (tertiary alicyclic amines) is 1. The molecule has 0 bridgehead atoms. The summed E-state index contributed by atoms with van der Waals surface area (Å²) in [6.07, 6.45) is 2.38. The predicted molar refractivity (Wildman–Crippen MR) is 103 cm³/mol. The fraction of sp³-hybridized carbons (Fsp3) is 0.700. The molecule has 0 saturated carbocycles. The monoisotopic (exact) mass is 346 g/mol. The van der Waals surface area contributed by atoms with E-state index in [1.54, 1.807) is 0 Å². The highest BCUT2D eigenvalue weighted by Crippen LogP contribution is 2.16. The number of nitrogens with two attached hydrogens (primary N) is 1. The van der Waals surface area contributed by atoms with E-state index in [1.165, 1.54) is 31.6 Å². The Morgan fingerprint density at radius 3 is 2.40 bits per heavy atom. The summed E-state index contributed by atoms with van der Waals surface area (Å²) in [5.41, 5.74) is 7.41. The summed E-state index contributed by atoms with van der Waals surface area (Å²) in [6, 6.07) is 8.93. The fourth-order valence-corrected chi connectivity index (χ4v) is 3.81. The first-order valence-corrected chi connectivity index (χ1v) is 9.87. The first-order valence-electron chi connectivity index (χ1n) is 9.87. The third-order valence-corrected chi connectivity index (χ3v) is 5.46. The van der Waals surface area contributed by atoms with E-state index in [0.717, 1.165) is 58.0 Å². The number of piperidine rings is 1. The normalized spacial score (nSPS) is 23.7. The molecule has 1 aromatic carbocycles. The molecule has 140 valence electrons. The van der Waals surface area contributed by atoms with Gasteiger partial charge in [-0.3, -0.25) is 9.80 Å². The molecule has 2 aliphatic rings. The molecular formula is C20H34N4O. The van der Waals surface area contributed by atoms with Crippen LogP contribution in [0.4, 0.5) is 0 Å². The van der Waals surface area contributed by atoms with Gasteiger partial charge in [0, 0.05) is 51.9 Å². The number of hydrogen-bond donors (Lipinski definition) is 1. The van der Waals surface area contributed by atoms with Crippen molar-refractivity contribution < 1.29 is 4.74 Å². The third kappa shape index (κ3) is 5.96. The molecule has 2 N–H and O–H groups in total. The van der Waals surface area contributed by atoms with Crippen LogP contribution in [0.25, 0.3) is 0 Å². The van der Waals surface area contributed by atoms with Gasteiger partial charge in [-0.15, -0.1) is 0 Å². The Balaban J connectivity index is 1.36. The molecule has 25 heavy (non-hydrogen) atoms. The number of rotatable bonds is 7. The topological polar surface area (TPSA) is 45.0 Å². The minimum atomic E-state index is 0.343. The minimum Gasteiger partial charge on any atom is -0.492 e. The Bertz CT molecular complexity index is 499. The van der Waals surface area contributed by atoms with Gasteiger partial charge in [0.2, 0.25) is 0 Å². The smallest absolute Gasteiger partial charge is 0.119 e. The molecule has 1 atom stereocenters. The van der Waals surface area contributed by atoms with Gasteiger partial charge in [-0.25, -0.2) is 0 Å². The maximum Gasteiger partial charge on any atom is 0.119 e. The van der Waals surface area contributed by atoms with Gasteiger partial charge in [-0.05, 0) is 43.6 Å². The van der Waals surface area contributed by atoms with Crippen molar-refractivity contribution in [2.75, 3.05) is 59.0 Å². The van der Waals surface area contributed by atoms with Crippen molar-refractivity contribution in [3.8, 4) is 5.75 Å². The summed E-state index contributed by atoms with van der Waals surface area (Å²) >= 11 is 0. The first-order chi connectivity index (χ1) is 12.2. The summed E-state index contributed by atoms with van der Waals surface area (Å²) in [4.78, 5) is 7.46. The van der Waals surface area contributed by atoms with Crippen molar-refractivity contribution in [3.63, 3.8) is 0 Å². The third-order valence-electron chi connectivity index (χ3n) is 5.46. The van der Waals surface area contributed by atoms with Crippen LogP contribution in [-0.2, 0) is 6.54 Å². The van der Waals surface area contributed by atoms with Crippen LogP contribution >= 0.6 is 0 Å². The van der Waals surface area contributed by atoms with Crippen molar-refractivity contribution in [3.05, 3.63) is 29.8 Å². The second-order valence-electron chi connectivity index (χ2n) is 7.41. The zero-order valence-corrected chi connectivity index (χ0v) is 15.7. The SMILES string of the molecule is CCN1CCN(CCOc2ccc(CN3CCC[C@@H](N)C3)cc2)CC1. The molecule has 0 unspecified atom stereocenters. The van der Waals surface area contributed by atoms with E-state index in [1.807, 2.05) is 0 Å². The Hall–Kier alpha value is -1.14. The molecular weight excluding hydrogens is 312 g/mol. The van der Waals surface area contributed by atoms with Crippen molar-refractivity contribution in [1.82, 2.24) is 14.7 Å². The number of hydrogen-bond acceptors (Lipinski definition) is 5. The summed E-state index contributed by atoms with van der Waals surface area (Å²) in [6.45, 7) is 13.1. The summed E-state index contributed by atoms with van der Waals surface area (Å²) < 4.78 is 5.94. The van der Waals surface area contributed by atoms with E-state index in [4.69, 9.17) is 10.5 Å². The number of benzene rings is 1. The van der Waals surface area contributed by atoms with Gasteiger partial charge in [0.15, 0.2) is 0 Å². The van der Waals surface area contributed by atoms with E-state index in [2.05, 4.69) is 45.9 Å². The van der Waals surface area contributed by atoms with Crippen LogP contribution in [-0.4, -0.2) is 79.7 Å². The van der Waals surface area contributed by atoms with E-state index in [0.29, 0.717) is 6.04 Å². The van der Waals surface area contributed by atoms with Crippen LogP contribution in [0.3, 0.4) is 0 Å². The standard InChI is InChI=1S/C20H34N4O/c1-2-22-10-12-23(13-11-22)14-15-25-20-7-5-18(6-8-20)16-24-9-3-4-19(21)17-24/h5-8,19H,2-4,9-17,21H2,1H3/t19-/m1/s1. The Kier molecular flexibility index (Phi) is 7.11. The molecule has 0 amide bonds. The number of likely N-dealkylation sites (N-methyl/N-ethyl adjacent to an activating group) is 1. The fourth-order valence-electron chi connectivity index (χ4n) is 3.81. The van der Waals surface area contributed by atoms with Crippen LogP contribution in [0.2, 0.25) is 0 Å². The van der Waals surface area contributed by atoms with Crippen molar-refractivity contribution in [2.45, 2.75) is 32.4 Å². The average molecular weight is 347 g/mol. The molecule has 0 spiro atoms. The maximum atomic E-state index is 6.07. The van der Waals surface area contributed by atoms with E-state index < -0.39 is 0 Å². The van der Waals surface area contributed by atoms with Gasteiger partial charge in [-0.2, -0.15) is 0 Å². The summed E-state index contributed by atoms with van der Waals surface area (Å²) in [7, 11) is 0. The first kappa shape index (κ1) is 18.6. The molecule has 0 aromatic heterocycles. The molecule has 2 heterocycles. The lowest BCUT2D eigenvalue weighted by atomic mass is 10.1. The second kappa shape index (κ2) is 9.53. The number of nitrogens with zero attached hydrogens (tertiary/aromatic N) is 3. The van der Waals surface area contributed by atoms with Crippen LogP contribution < -0.4 is 10.5 Å². The number of ether oxygens (including phenoxy) is 1. The highest BCUT2D eigenvalue weighted by atomic mass is 16.5. The number of piperazine rings is 1. The quantitative estimate of drug-likeness (QED) is 0.813. The van der Waals surface area contributed by atoms with Gasteiger partial charge in [0.25, 0.3) is 0 Å². The zero-order valence-electron chi connectivity index (χ0n) is 15.7. The van der Waals surface area contributed by atoms with Gasteiger partial charge in [-0.1, -0.05) is 19.1 Å². The van der Waals surface area contributed by atoms with Gasteiger partial charge >= 0.3 is 0 Å². The molecule has 5 nitrogen and oxygen atoms in total. The largest absolute Gasteiger partial charge is 0.492 e. The van der Waals surface area contributed by atoms with Gasteiger partial charge in [0.1, 0.15) is 12.4 Å². The predicted octanol–water partition coefficient (Wildman–Crippen LogP) is 1.63. The zero-order chi connectivity index (χ0) is 17.5. The molecule has 1 aromatic rings. The molecule has 2 fully saturated rings. The Morgan fingerprint density at radius 1 is 1.00 bits per heavy atom. The molecule has 2 saturated heterocycles. The lowest BCUT2D eigenvalue weighted by molar-refractivity contribution is 0.121. The lowest BCUT2D eigenvalue weighted by Crippen LogP contribution is -2.47. The van der Waals surface area contributed by atoms with E-state index >= 15 is 0 Å². The van der Waals surface area contributed by atoms with Crippen LogP contribution in [0, 0.1) is 0 Å². The van der Waals surface area contributed by atoms with Gasteiger partial charge in [0.05, 0.1) is 0 Å².